The van der Waals surface area contributed by atoms with Gasteiger partial charge in [-0.15, -0.1) is 45.3 Å². The van der Waals surface area contributed by atoms with E-state index in [0.717, 1.165) is 72.7 Å². The molecule has 109 heavy (non-hydrogen) atoms. The fourth-order valence-electron chi connectivity index (χ4n) is 14.1. The number of fused-ring (bicyclic) bond motifs is 4. The van der Waals surface area contributed by atoms with Crippen LogP contribution in [-0.4, -0.2) is 228 Å². The quantitative estimate of drug-likeness (QED) is 0.0570. The van der Waals surface area contributed by atoms with E-state index in [0.29, 0.717) is 77.2 Å². The number of aliphatic hydroxyl groups excluding tert-OH is 12. The molecule has 16 rings (SSSR count). The summed E-state index contributed by atoms with van der Waals surface area (Å²) in [7, 11) is 1.48. The predicted molar refractivity (Wildman–Crippen MR) is 419 cm³/mol. The maximum absolute atomic E-state index is 10.4. The van der Waals surface area contributed by atoms with Crippen LogP contribution >= 0.6 is 45.3 Å². The number of nitrogens with zero attached hydrogens (tertiary/aromatic N) is 12. The zero-order valence-electron chi connectivity index (χ0n) is 59.0. The Balaban J connectivity index is 0.000000128. The van der Waals surface area contributed by atoms with Crippen LogP contribution in [0, 0.1) is 30.6 Å². The van der Waals surface area contributed by atoms with Crippen LogP contribution < -0.4 is 48.9 Å². The fraction of sp³-hybridized carbons (Fsp3) is 0.389. The highest BCUT2D eigenvalue weighted by atomic mass is 32.1. The minimum Gasteiger partial charge on any atom is -0.480 e. The highest BCUT2D eigenvalue weighted by Gasteiger charge is 2.45. The second kappa shape index (κ2) is 33.8. The number of thiazole rings is 4. The zero-order valence-corrected chi connectivity index (χ0v) is 62.3. The molecule has 0 bridgehead atoms. The average molecular weight is 1570 g/mol. The first-order chi connectivity index (χ1) is 52.6. The molecule has 0 amide bonds. The third-order valence-electron chi connectivity index (χ3n) is 19.8. The van der Waals surface area contributed by atoms with Gasteiger partial charge in [0.1, 0.15) is 73.3 Å². The SMILES string of the molecule is CCc1nc(N)nc(N[C@@H]2C[C@H](CO)[C@@H](O)[C@H]2O)c1-c1nc2ccccc2s1.COc1nc(N)nc(N[C@@H]2C[C@H](CO)[C@@H](O)[C@H]2O)c1-c1nc2ccccc2s1.Cc1nc(N)nc(N[C@@H]2C[C@H](CO)[C@@H](O)[C@H]2O)c1-c1nc2ccccc2s1.Nc1ncc(-c2nc3ccccc3s2)c(N[C@@H]2C[C@H](CO)[C@@H](O)[C@H]2O)n1. The Morgan fingerprint density at radius 3 is 1.08 bits per heavy atom. The number of aromatic nitrogens is 12. The van der Waals surface area contributed by atoms with Gasteiger partial charge in [0.2, 0.25) is 29.7 Å². The van der Waals surface area contributed by atoms with Crippen molar-refractivity contribution >= 4 is 133 Å². The van der Waals surface area contributed by atoms with Gasteiger partial charge in [-0.25, -0.2) is 34.9 Å². The lowest BCUT2D eigenvalue weighted by Crippen LogP contribution is -2.35. The molecule has 8 aromatic heterocycles. The number of methoxy groups -OCH3 is 1. The van der Waals surface area contributed by atoms with Crippen molar-refractivity contribution in [3.63, 3.8) is 0 Å². The van der Waals surface area contributed by atoms with Crippen molar-refractivity contribution < 1.29 is 66.0 Å². The van der Waals surface area contributed by atoms with Gasteiger partial charge in [-0.2, -0.15) is 24.9 Å². The molecule has 16 atom stereocenters. The van der Waals surface area contributed by atoms with Crippen LogP contribution in [0.15, 0.2) is 103 Å². The molecular weight excluding hydrogens is 1480 g/mol. The normalized spacial score (nSPS) is 25.0. The van der Waals surface area contributed by atoms with E-state index in [1.807, 2.05) is 111 Å². The molecule has 0 spiro atoms. The minimum atomic E-state index is -1.05. The molecule has 37 heteroatoms. The van der Waals surface area contributed by atoms with Gasteiger partial charge < -0.3 is 110 Å². The van der Waals surface area contributed by atoms with E-state index in [4.69, 9.17) is 32.7 Å². The molecule has 0 unspecified atom stereocenters. The molecule has 24 N–H and O–H groups in total. The van der Waals surface area contributed by atoms with E-state index < -0.39 is 78.9 Å². The number of anilines is 8. The molecule has 12 aromatic rings. The van der Waals surface area contributed by atoms with Crippen LogP contribution in [-0.2, 0) is 6.42 Å². The molecule has 0 radical (unpaired) electrons. The third kappa shape index (κ3) is 16.5. The van der Waals surface area contributed by atoms with Gasteiger partial charge in [0.05, 0.1) is 125 Å². The number of ether oxygens (including phenoxy) is 1. The molecule has 8 heterocycles. The number of benzene rings is 4. The summed E-state index contributed by atoms with van der Waals surface area (Å²) in [6, 6.07) is 29.4. The molecule has 4 aliphatic rings. The highest BCUT2D eigenvalue weighted by Crippen LogP contribution is 2.44. The number of nitrogens with one attached hydrogen (secondary N) is 4. The van der Waals surface area contributed by atoms with Crippen molar-refractivity contribution in [1.29, 1.82) is 0 Å². The van der Waals surface area contributed by atoms with Crippen LogP contribution in [0.2, 0.25) is 0 Å². The summed E-state index contributed by atoms with van der Waals surface area (Å²) < 4.78 is 9.56. The van der Waals surface area contributed by atoms with E-state index >= 15 is 0 Å². The second-order valence-corrected chi connectivity index (χ2v) is 31.0. The number of aliphatic hydroxyl groups is 12. The summed E-state index contributed by atoms with van der Waals surface area (Å²) in [6.45, 7) is 3.04. The van der Waals surface area contributed by atoms with Gasteiger partial charge in [-0.1, -0.05) is 55.5 Å². The van der Waals surface area contributed by atoms with Crippen LogP contribution in [0.3, 0.4) is 0 Å². The molecule has 4 saturated carbocycles. The molecule has 4 aromatic carbocycles. The van der Waals surface area contributed by atoms with Gasteiger partial charge in [0.15, 0.2) is 0 Å². The Hall–Kier alpha value is -9.52. The van der Waals surface area contributed by atoms with E-state index in [2.05, 4.69) is 76.1 Å². The summed E-state index contributed by atoms with van der Waals surface area (Å²) >= 11 is 6.04. The van der Waals surface area contributed by atoms with Gasteiger partial charge >= 0.3 is 0 Å². The van der Waals surface area contributed by atoms with Crippen molar-refractivity contribution in [3.8, 4) is 48.2 Å². The van der Waals surface area contributed by atoms with Gasteiger partial charge in [0.25, 0.3) is 0 Å². The van der Waals surface area contributed by atoms with Gasteiger partial charge in [-0.3, -0.25) is 0 Å². The average Bonchev–Trinajstić information content (AvgIpc) is 1.67. The molecule has 0 aliphatic heterocycles. The summed E-state index contributed by atoms with van der Waals surface area (Å²) in [4.78, 5) is 52.8. The van der Waals surface area contributed by atoms with E-state index in [1.54, 1.807) is 17.5 Å². The number of rotatable bonds is 18. The lowest BCUT2D eigenvalue weighted by Gasteiger charge is -2.21. The Morgan fingerprint density at radius 2 is 0.706 bits per heavy atom. The molecule has 4 aliphatic carbocycles. The Kier molecular flexibility index (Phi) is 24.0. The smallest absolute Gasteiger partial charge is 0.230 e. The van der Waals surface area contributed by atoms with E-state index in [1.165, 1.54) is 41.1 Å². The fourth-order valence-corrected chi connectivity index (χ4v) is 18.1. The lowest BCUT2D eigenvalue weighted by atomic mass is 10.1. The standard InChI is InChI=1S/C19H23N5O3S.C18H21N5O4S.C18H21N5O3S.C17H19N5O3S/c1-2-10-14(18-22-11-5-3-4-6-13(11)28-18)17(24-19(20)23-10)21-12-7-9(8-25)15(26)16(12)27;1-27-16-12(17-21-9-4-2-3-5-11(9)28-17)15(22-18(19)23-16)20-10-6-8(7-24)13(25)14(10)26;1-8-13(17-22-10-4-2-3-5-12(10)27-17)16(23-18(19)20-8)21-11-6-9(7-24)14(25)15(11)26;18-17-19-6-9(16-21-10-3-1-2-4-12(10)26-16)15(22-17)20-11-5-8(7-23)13(24)14(11)25/h3-6,9,12,15-16,25-27H,2,7-8H2,1H3,(H3,20,21,23,24);2-5,8,10,13-14,24-26H,6-7H2,1H3,(H3,19,20,22,23);2-5,9,11,14-15,24-26H,6-7H2,1H3,(H3,19,20,21,23);1-4,6,8,11,13-14,23-25H,5,7H2,(H3,18,19,20,22)/t9-,12-,15-,16+;8-,10-,13-,14+;9-,11-,14-,15+;8-,11-,13-,14+/m1111/s1. The summed E-state index contributed by atoms with van der Waals surface area (Å²) in [5.41, 5.74) is 31.0. The summed E-state index contributed by atoms with van der Waals surface area (Å²) in [6.07, 6.45) is -4.19. The van der Waals surface area contributed by atoms with Gasteiger partial charge in [-0.05, 0) is 87.6 Å². The predicted octanol–water partition coefficient (Wildman–Crippen LogP) is 4.28. The van der Waals surface area contributed by atoms with Crippen molar-refractivity contribution in [2.75, 3.05) is 77.7 Å². The Bertz CT molecular complexity index is 4870. The van der Waals surface area contributed by atoms with Crippen molar-refractivity contribution in [3.05, 3.63) is 115 Å². The largest absolute Gasteiger partial charge is 0.480 e. The first-order valence-electron chi connectivity index (χ1n) is 35.1. The number of hydrogen-bond acceptors (Lipinski definition) is 37. The topological polar surface area (TPSA) is 559 Å². The van der Waals surface area contributed by atoms with E-state index in [-0.39, 0.29) is 73.9 Å². The van der Waals surface area contributed by atoms with Crippen LogP contribution in [0.4, 0.5) is 47.1 Å². The number of nitrogen functional groups attached to an aromatic ring is 4. The zero-order chi connectivity index (χ0) is 77.1. The Labute approximate surface area is 638 Å². The number of para-hydroxylation sites is 4. The minimum absolute atomic E-state index is 0.0101. The number of aryl methyl sites for hydroxylation is 2. The van der Waals surface area contributed by atoms with Crippen molar-refractivity contribution in [2.45, 2.75) is 119 Å². The lowest BCUT2D eigenvalue weighted by molar-refractivity contribution is 0.00443. The Morgan fingerprint density at radius 1 is 0.385 bits per heavy atom. The molecule has 574 valence electrons. The number of hydrogen-bond donors (Lipinski definition) is 20. The maximum atomic E-state index is 10.4. The van der Waals surface area contributed by atoms with Crippen LogP contribution in [0.1, 0.15) is 44.0 Å². The van der Waals surface area contributed by atoms with Crippen molar-refractivity contribution in [1.82, 2.24) is 59.8 Å². The van der Waals surface area contributed by atoms with Crippen LogP contribution in [0.25, 0.3) is 83.2 Å². The monoisotopic (exact) mass is 1560 g/mol. The molecule has 33 nitrogen and oxygen atoms in total. The first kappa shape index (κ1) is 77.6. The first-order valence-corrected chi connectivity index (χ1v) is 38.4. The maximum Gasteiger partial charge on any atom is 0.230 e. The van der Waals surface area contributed by atoms with Crippen molar-refractivity contribution in [2.24, 2.45) is 23.7 Å². The number of nitrogens with two attached hydrogens (primary N) is 4. The third-order valence-corrected chi connectivity index (χ3v) is 24.0. The van der Waals surface area contributed by atoms with Crippen LogP contribution in [0.5, 0.6) is 5.88 Å². The summed E-state index contributed by atoms with van der Waals surface area (Å²) in [5, 5.41) is 135. The molecule has 4 fully saturated rings. The molecule has 0 saturated heterocycles. The summed E-state index contributed by atoms with van der Waals surface area (Å²) in [5.74, 6) is 0.819. The van der Waals surface area contributed by atoms with E-state index in [9.17, 15) is 61.3 Å². The highest BCUT2D eigenvalue weighted by molar-refractivity contribution is 7.22. The van der Waals surface area contributed by atoms with Gasteiger partial charge in [0, 0.05) is 56.3 Å². The second-order valence-electron chi connectivity index (χ2n) is 26.9. The molecular formula is C72H84N20O13S4.